The third kappa shape index (κ3) is 2.83. The van der Waals surface area contributed by atoms with Gasteiger partial charge in [-0.25, -0.2) is 13.1 Å². The summed E-state index contributed by atoms with van der Waals surface area (Å²) in [7, 11) is -3.73. The third-order valence-electron chi connectivity index (χ3n) is 3.30. The molecular weight excluding hydrogens is 320 g/mol. The van der Waals surface area contributed by atoms with Gasteiger partial charge in [0, 0.05) is 31.7 Å². The van der Waals surface area contributed by atoms with Crippen LogP contribution in [0.5, 0.6) is 0 Å². The summed E-state index contributed by atoms with van der Waals surface area (Å²) in [6.07, 6.45) is 4.11. The van der Waals surface area contributed by atoms with E-state index in [4.69, 9.17) is 0 Å². The topological polar surface area (TPSA) is 109 Å². The van der Waals surface area contributed by atoms with Crippen LogP contribution in [0.25, 0.3) is 0 Å². The number of amides is 2. The van der Waals surface area contributed by atoms with Crippen LogP contribution >= 0.6 is 0 Å². The van der Waals surface area contributed by atoms with Crippen LogP contribution in [0.15, 0.2) is 47.8 Å². The maximum atomic E-state index is 12.1. The van der Waals surface area contributed by atoms with Gasteiger partial charge in [-0.1, -0.05) is 0 Å². The third-order valence-corrected chi connectivity index (χ3v) is 4.75. The molecule has 3 heterocycles. The lowest BCUT2D eigenvalue weighted by Crippen LogP contribution is -2.38. The van der Waals surface area contributed by atoms with Crippen LogP contribution in [0, 0.1) is 0 Å². The van der Waals surface area contributed by atoms with Crippen LogP contribution in [-0.4, -0.2) is 48.2 Å². The molecule has 0 atom stereocenters. The van der Waals surface area contributed by atoms with Crippen molar-refractivity contribution in [3.8, 4) is 0 Å². The number of nitrogens with one attached hydrogen (secondary N) is 1. The lowest BCUT2D eigenvalue weighted by Gasteiger charge is -2.14. The molecule has 9 heteroatoms. The molecule has 0 aromatic carbocycles. The van der Waals surface area contributed by atoms with Gasteiger partial charge in [0.05, 0.1) is 5.56 Å². The molecule has 3 rings (SSSR count). The summed E-state index contributed by atoms with van der Waals surface area (Å²) in [5, 5.41) is 0. The van der Waals surface area contributed by atoms with E-state index in [1.54, 1.807) is 6.07 Å². The van der Waals surface area contributed by atoms with Crippen molar-refractivity contribution in [2.75, 3.05) is 13.1 Å². The minimum absolute atomic E-state index is 0.0176. The molecule has 0 spiro atoms. The number of aromatic nitrogens is 2. The first-order valence-corrected chi connectivity index (χ1v) is 8.20. The first-order chi connectivity index (χ1) is 11.0. The molecule has 23 heavy (non-hydrogen) atoms. The van der Waals surface area contributed by atoms with E-state index in [-0.39, 0.29) is 29.2 Å². The Labute approximate surface area is 132 Å². The number of hydrogen-bond acceptors (Lipinski definition) is 6. The first-order valence-electron chi connectivity index (χ1n) is 6.71. The molecule has 0 radical (unpaired) electrons. The quantitative estimate of drug-likeness (QED) is 0.775. The predicted molar refractivity (Wildman–Crippen MR) is 79.0 cm³/mol. The van der Waals surface area contributed by atoms with E-state index < -0.39 is 21.8 Å². The molecule has 0 fully saturated rings. The van der Waals surface area contributed by atoms with Gasteiger partial charge in [0.1, 0.15) is 10.6 Å². The number of carbonyl (C=O) groups excluding carboxylic acids is 2. The highest BCUT2D eigenvalue weighted by molar-refractivity contribution is 7.89. The molecule has 2 amide bonds. The highest BCUT2D eigenvalue weighted by atomic mass is 32.2. The minimum atomic E-state index is -3.73. The van der Waals surface area contributed by atoms with Crippen LogP contribution in [-0.2, 0) is 10.0 Å². The molecule has 0 saturated carbocycles. The summed E-state index contributed by atoms with van der Waals surface area (Å²) >= 11 is 0. The Balaban J connectivity index is 1.67. The van der Waals surface area contributed by atoms with E-state index in [1.165, 1.54) is 36.8 Å². The molecule has 1 aliphatic rings. The number of pyridine rings is 2. The molecular formula is C14H12N4O4S. The number of fused-ring (bicyclic) bond motifs is 1. The molecule has 2 aromatic heterocycles. The van der Waals surface area contributed by atoms with E-state index in [2.05, 4.69) is 14.7 Å². The molecule has 0 aliphatic carbocycles. The van der Waals surface area contributed by atoms with Crippen molar-refractivity contribution in [1.82, 2.24) is 19.6 Å². The van der Waals surface area contributed by atoms with Gasteiger partial charge in [0.25, 0.3) is 11.8 Å². The van der Waals surface area contributed by atoms with Gasteiger partial charge in [0.15, 0.2) is 0 Å². The molecule has 1 aliphatic heterocycles. The van der Waals surface area contributed by atoms with Gasteiger partial charge in [-0.3, -0.25) is 24.5 Å². The molecule has 2 aromatic rings. The second-order valence-electron chi connectivity index (χ2n) is 4.75. The summed E-state index contributed by atoms with van der Waals surface area (Å²) in [5.74, 6) is -0.996. The van der Waals surface area contributed by atoms with Crippen molar-refractivity contribution >= 4 is 21.8 Å². The highest BCUT2D eigenvalue weighted by Crippen LogP contribution is 2.19. The molecule has 0 bridgehead atoms. The van der Waals surface area contributed by atoms with Gasteiger partial charge >= 0.3 is 0 Å². The van der Waals surface area contributed by atoms with E-state index in [9.17, 15) is 18.0 Å². The van der Waals surface area contributed by atoms with Gasteiger partial charge in [-0.05, 0) is 24.3 Å². The second-order valence-corrected chi connectivity index (χ2v) is 6.51. The Morgan fingerprint density at radius 3 is 2.57 bits per heavy atom. The lowest BCUT2D eigenvalue weighted by atomic mass is 10.2. The van der Waals surface area contributed by atoms with E-state index in [0.29, 0.717) is 0 Å². The maximum Gasteiger partial charge on any atom is 0.280 e. The molecule has 1 N–H and O–H groups in total. The Morgan fingerprint density at radius 1 is 1.09 bits per heavy atom. The molecule has 0 saturated heterocycles. The minimum Gasteiger partial charge on any atom is -0.272 e. The van der Waals surface area contributed by atoms with Crippen molar-refractivity contribution in [2.45, 2.75) is 4.90 Å². The number of carbonyl (C=O) groups is 2. The Bertz CT molecular complexity index is 832. The smallest absolute Gasteiger partial charge is 0.272 e. The average Bonchev–Trinajstić information content (AvgIpc) is 2.81. The summed E-state index contributed by atoms with van der Waals surface area (Å²) in [4.78, 5) is 32.8. The average molecular weight is 332 g/mol. The number of rotatable bonds is 5. The summed E-state index contributed by atoms with van der Waals surface area (Å²) in [6, 6.07) is 5.99. The van der Waals surface area contributed by atoms with Gasteiger partial charge in [-0.15, -0.1) is 0 Å². The van der Waals surface area contributed by atoms with Crippen molar-refractivity contribution in [3.05, 3.63) is 54.1 Å². The van der Waals surface area contributed by atoms with Crippen LogP contribution in [0.1, 0.15) is 20.8 Å². The standard InChI is InChI=1S/C14H12N4O4S/c19-13-11-4-2-6-16-12(11)14(20)18(13)8-7-17-23(21,22)10-3-1-5-15-9-10/h1-6,9,17H,7-8H2. The van der Waals surface area contributed by atoms with Crippen molar-refractivity contribution in [3.63, 3.8) is 0 Å². The maximum absolute atomic E-state index is 12.1. The van der Waals surface area contributed by atoms with Crippen molar-refractivity contribution in [2.24, 2.45) is 0 Å². The van der Waals surface area contributed by atoms with Crippen LogP contribution in [0.3, 0.4) is 0 Å². The number of sulfonamides is 1. The van der Waals surface area contributed by atoms with E-state index >= 15 is 0 Å². The lowest BCUT2D eigenvalue weighted by molar-refractivity contribution is 0.0655. The Hall–Kier alpha value is -2.65. The van der Waals surface area contributed by atoms with Gasteiger partial charge in [0.2, 0.25) is 10.0 Å². The van der Waals surface area contributed by atoms with E-state index in [1.807, 2.05) is 0 Å². The fourth-order valence-electron chi connectivity index (χ4n) is 2.20. The zero-order chi connectivity index (χ0) is 16.4. The summed E-state index contributed by atoms with van der Waals surface area (Å²) in [6.45, 7) is -0.170. The number of hydrogen-bond donors (Lipinski definition) is 1. The predicted octanol–water partition coefficient (Wildman–Crippen LogP) is 0.0511. The zero-order valence-electron chi connectivity index (χ0n) is 11.8. The SMILES string of the molecule is O=C1c2cccnc2C(=O)N1CCNS(=O)(=O)c1cccnc1. The van der Waals surface area contributed by atoms with Gasteiger partial charge < -0.3 is 0 Å². The normalized spacial score (nSPS) is 14.2. The van der Waals surface area contributed by atoms with Crippen molar-refractivity contribution in [1.29, 1.82) is 0 Å². The number of imide groups is 1. The second kappa shape index (κ2) is 5.86. The summed E-state index contributed by atoms with van der Waals surface area (Å²) in [5.41, 5.74) is 0.320. The van der Waals surface area contributed by atoms with Gasteiger partial charge in [-0.2, -0.15) is 0 Å². The molecule has 8 nitrogen and oxygen atoms in total. The zero-order valence-corrected chi connectivity index (χ0v) is 12.7. The summed E-state index contributed by atoms with van der Waals surface area (Å²) < 4.78 is 26.4. The fourth-order valence-corrected chi connectivity index (χ4v) is 3.18. The molecule has 0 unspecified atom stereocenters. The molecule has 118 valence electrons. The Kier molecular flexibility index (Phi) is 3.89. The Morgan fingerprint density at radius 2 is 1.87 bits per heavy atom. The number of nitrogens with zero attached hydrogens (tertiary/aromatic N) is 3. The van der Waals surface area contributed by atoms with Crippen LogP contribution in [0.4, 0.5) is 0 Å². The van der Waals surface area contributed by atoms with Crippen molar-refractivity contribution < 1.29 is 18.0 Å². The van der Waals surface area contributed by atoms with Crippen LogP contribution in [0.2, 0.25) is 0 Å². The van der Waals surface area contributed by atoms with E-state index in [0.717, 1.165) is 4.90 Å². The first kappa shape index (κ1) is 15.3. The largest absolute Gasteiger partial charge is 0.280 e. The monoisotopic (exact) mass is 332 g/mol. The fraction of sp³-hybridized carbons (Fsp3) is 0.143. The highest BCUT2D eigenvalue weighted by Gasteiger charge is 2.36. The van der Waals surface area contributed by atoms with Crippen LogP contribution < -0.4 is 4.72 Å².